The number of carbonyl (C=O) groups excluding carboxylic acids is 2. The Labute approximate surface area is 354 Å². The van der Waals surface area contributed by atoms with Crippen molar-refractivity contribution in [3.05, 3.63) is 59.2 Å². The summed E-state index contributed by atoms with van der Waals surface area (Å²) >= 11 is 0. The van der Waals surface area contributed by atoms with Crippen LogP contribution in [0.1, 0.15) is 114 Å². The van der Waals surface area contributed by atoms with E-state index in [2.05, 4.69) is 17.5 Å². The maximum absolute atomic E-state index is 14.2. The van der Waals surface area contributed by atoms with E-state index in [9.17, 15) is 40.2 Å². The van der Waals surface area contributed by atoms with Crippen molar-refractivity contribution in [2.75, 3.05) is 7.05 Å². The lowest BCUT2D eigenvalue weighted by Gasteiger charge is -2.73. The number of fused-ring (bicyclic) bond motifs is 4. The van der Waals surface area contributed by atoms with Gasteiger partial charge >= 0.3 is 5.97 Å². The van der Waals surface area contributed by atoms with Crippen LogP contribution in [0.4, 0.5) is 0 Å². The van der Waals surface area contributed by atoms with Crippen molar-refractivity contribution in [3.8, 4) is 0 Å². The van der Waals surface area contributed by atoms with Gasteiger partial charge in [0.05, 0.1) is 29.8 Å². The SMILES string of the molecule is CN[C@H](Cc1ccccc1CO)[C@H]1C[C@H]2C[C@@]3(O)[C@]4(CCC[C@@]15OC(=O)C=C5[C@@H]24)CC[C@H]1[C@@]3(O)[C@H](O)[C@@H]2C[C@@H]3[C@H](C=CC[C@@H]3C3CCCC3)C[C@@H]3[C@@H](O)CC[C@@]1(C=O)[C@@]32O. The Morgan fingerprint density at radius 2 is 1.67 bits per heavy atom. The minimum Gasteiger partial charge on any atom is -0.451 e. The number of nitrogens with one attached hydrogen (secondary N) is 1. The van der Waals surface area contributed by atoms with Crippen LogP contribution in [0, 0.1) is 70.0 Å². The third-order valence-electron chi connectivity index (χ3n) is 20.6. The zero-order valence-corrected chi connectivity index (χ0v) is 35.3. The molecule has 10 nitrogen and oxygen atoms in total. The number of benzene rings is 1. The number of hydrogen-bond acceptors (Lipinski definition) is 10. The Kier molecular flexibility index (Phi) is 9.27. The molecular formula is C50H67NO9. The van der Waals surface area contributed by atoms with Crippen LogP contribution in [0.15, 0.2) is 48.1 Å². The fourth-order valence-corrected chi connectivity index (χ4v) is 18.5. The number of ether oxygens (including phenoxy) is 1. The summed E-state index contributed by atoms with van der Waals surface area (Å²) in [5.41, 5.74) is -6.19. The molecule has 18 atom stereocenters. The molecule has 1 heterocycles. The lowest BCUT2D eigenvalue weighted by Crippen LogP contribution is -2.85. The van der Waals surface area contributed by atoms with E-state index in [0.29, 0.717) is 76.0 Å². The van der Waals surface area contributed by atoms with Gasteiger partial charge in [-0.3, -0.25) is 0 Å². The first-order valence-electron chi connectivity index (χ1n) is 23.8. The van der Waals surface area contributed by atoms with E-state index in [1.54, 1.807) is 6.08 Å². The highest BCUT2D eigenvalue weighted by Gasteiger charge is 2.86. The molecule has 60 heavy (non-hydrogen) atoms. The van der Waals surface area contributed by atoms with Gasteiger partial charge in [-0.2, -0.15) is 0 Å². The number of aliphatic hydroxyl groups is 6. The summed E-state index contributed by atoms with van der Waals surface area (Å²) in [5, 5.41) is 81.0. The molecule has 1 aromatic rings. The zero-order chi connectivity index (χ0) is 41.6. The predicted molar refractivity (Wildman–Crippen MR) is 222 cm³/mol. The molecule has 1 spiro atoms. The third-order valence-corrected chi connectivity index (χ3v) is 20.6. The van der Waals surface area contributed by atoms with Crippen LogP contribution in [0.3, 0.4) is 0 Å². The summed E-state index contributed by atoms with van der Waals surface area (Å²) in [7, 11) is 1.94. The molecule has 1 aromatic carbocycles. The maximum atomic E-state index is 14.2. The first-order chi connectivity index (χ1) is 28.9. The monoisotopic (exact) mass is 825 g/mol. The van der Waals surface area contributed by atoms with Crippen molar-refractivity contribution in [1.82, 2.24) is 5.32 Å². The van der Waals surface area contributed by atoms with Crippen LogP contribution in [-0.2, 0) is 27.4 Å². The lowest BCUT2D eigenvalue weighted by atomic mass is 9.35. The molecule has 326 valence electrons. The molecule has 10 aliphatic rings. The van der Waals surface area contributed by atoms with Crippen molar-refractivity contribution < 1.29 is 45.0 Å². The van der Waals surface area contributed by atoms with Crippen LogP contribution in [0.5, 0.6) is 0 Å². The smallest absolute Gasteiger partial charge is 0.331 e. The molecule has 11 rings (SSSR count). The number of allylic oxidation sites excluding steroid dienone is 2. The highest BCUT2D eigenvalue weighted by Crippen LogP contribution is 2.79. The van der Waals surface area contributed by atoms with E-state index in [1.807, 2.05) is 31.3 Å². The Balaban J connectivity index is 1.04. The number of aliphatic hydroxyl groups excluding tert-OH is 3. The van der Waals surface area contributed by atoms with E-state index in [4.69, 9.17) is 4.74 Å². The fourth-order valence-electron chi connectivity index (χ4n) is 18.5. The van der Waals surface area contributed by atoms with Gasteiger partial charge in [-0.25, -0.2) is 4.79 Å². The number of rotatable bonds is 7. The minimum atomic E-state index is -2.13. The predicted octanol–water partition coefficient (Wildman–Crippen LogP) is 4.70. The molecule has 0 unspecified atom stereocenters. The molecule has 0 amide bonds. The van der Waals surface area contributed by atoms with E-state index < -0.39 is 63.2 Å². The normalized spacial score (nSPS) is 51.8. The molecule has 0 radical (unpaired) electrons. The largest absolute Gasteiger partial charge is 0.451 e. The molecule has 0 saturated heterocycles. The van der Waals surface area contributed by atoms with Crippen molar-refractivity contribution in [2.45, 2.75) is 156 Å². The Hall–Kier alpha value is -2.44. The first kappa shape index (κ1) is 40.3. The summed E-state index contributed by atoms with van der Waals surface area (Å²) < 4.78 is 6.55. The second kappa shape index (κ2) is 13.8. The van der Waals surface area contributed by atoms with Crippen LogP contribution < -0.4 is 5.32 Å². The summed E-state index contributed by atoms with van der Waals surface area (Å²) in [6.45, 7) is -0.0810. The van der Waals surface area contributed by atoms with Crippen molar-refractivity contribution in [3.63, 3.8) is 0 Å². The molecule has 7 N–H and O–H groups in total. The molecule has 2 bridgehead atoms. The topological polar surface area (TPSA) is 177 Å². The first-order valence-corrected chi connectivity index (χ1v) is 23.8. The van der Waals surface area contributed by atoms with Gasteiger partial charge in [-0.05, 0) is 143 Å². The third kappa shape index (κ3) is 4.80. The second-order valence-corrected chi connectivity index (χ2v) is 21.9. The Bertz CT molecular complexity index is 1980. The summed E-state index contributed by atoms with van der Waals surface area (Å²) in [4.78, 5) is 27.9. The van der Waals surface area contributed by atoms with Gasteiger partial charge in [0.15, 0.2) is 0 Å². The average Bonchev–Trinajstić information content (AvgIpc) is 3.92. The number of esters is 1. The van der Waals surface area contributed by atoms with Crippen molar-refractivity contribution in [2.24, 2.45) is 70.0 Å². The van der Waals surface area contributed by atoms with Gasteiger partial charge in [0.1, 0.15) is 23.1 Å². The van der Waals surface area contributed by atoms with Crippen LogP contribution in [0.2, 0.25) is 0 Å². The van der Waals surface area contributed by atoms with E-state index in [-0.39, 0.29) is 61.0 Å². The second-order valence-electron chi connectivity index (χ2n) is 21.9. The fraction of sp³-hybridized carbons (Fsp3) is 0.760. The molecule has 0 aromatic heterocycles. The van der Waals surface area contributed by atoms with Gasteiger partial charge in [0, 0.05) is 41.2 Å². The van der Waals surface area contributed by atoms with Crippen LogP contribution >= 0.6 is 0 Å². The molecule has 8 fully saturated rings. The van der Waals surface area contributed by atoms with Crippen molar-refractivity contribution in [1.29, 1.82) is 0 Å². The number of aldehydes is 1. The minimum absolute atomic E-state index is 0.0805. The van der Waals surface area contributed by atoms with Crippen LogP contribution in [-0.4, -0.2) is 90.6 Å². The number of carbonyl (C=O) groups is 2. The highest BCUT2D eigenvalue weighted by atomic mass is 16.6. The zero-order valence-electron chi connectivity index (χ0n) is 35.3. The van der Waals surface area contributed by atoms with Gasteiger partial charge in [0.2, 0.25) is 0 Å². The lowest BCUT2D eigenvalue weighted by molar-refractivity contribution is -0.375. The molecule has 1 aliphatic heterocycles. The summed E-state index contributed by atoms with van der Waals surface area (Å²) in [6.07, 6.45) is 15.9. The van der Waals surface area contributed by atoms with Gasteiger partial charge < -0.3 is 45.5 Å². The molecule has 10 heteroatoms. The number of likely N-dealkylation sites (N-methyl/N-ethyl adjacent to an activating group) is 1. The molecule has 8 saturated carbocycles. The quantitative estimate of drug-likeness (QED) is 0.116. The van der Waals surface area contributed by atoms with E-state index in [0.717, 1.165) is 42.2 Å². The number of hydrogen-bond donors (Lipinski definition) is 7. The Morgan fingerprint density at radius 3 is 2.42 bits per heavy atom. The Morgan fingerprint density at radius 1 is 0.883 bits per heavy atom. The average molecular weight is 826 g/mol. The van der Waals surface area contributed by atoms with E-state index in [1.165, 1.54) is 12.8 Å². The molecular weight excluding hydrogens is 759 g/mol. The molecule has 9 aliphatic carbocycles. The van der Waals surface area contributed by atoms with Crippen molar-refractivity contribution >= 4 is 12.3 Å². The highest BCUT2D eigenvalue weighted by molar-refractivity contribution is 5.87. The summed E-state index contributed by atoms with van der Waals surface area (Å²) in [6, 6.07) is 7.75. The van der Waals surface area contributed by atoms with Crippen LogP contribution in [0.25, 0.3) is 0 Å². The van der Waals surface area contributed by atoms with Gasteiger partial charge in [0.25, 0.3) is 0 Å². The van der Waals surface area contributed by atoms with E-state index >= 15 is 0 Å². The standard InChI is InChI=1S/C50H67NO9/c1-51-39(22-29-10-4-5-11-31(29)26-52)35-21-32-25-48(57)45(16-7-17-47(35)37(43(32)45)24-42(55)60-47)19-15-41-46(27-53)18-14-40(54)36-20-30-12-6-13-33(28-8-2-3-9-28)34(30)23-38(49(36,46)58)44(56)50(41,48)59/h4-6,10-12,24,27-28,30,32-36,38-41,43-44,51-52,54,56-59H,2-3,7-9,13-23,25-26H2,1H3/t30-,32+,33-,34-,35-,36-,38+,39-,40+,41-,43-,44-,45-,46+,47-,48-,49-,50-/m1/s1. The van der Waals surface area contributed by atoms with Gasteiger partial charge in [-0.1, -0.05) is 62.1 Å². The van der Waals surface area contributed by atoms with Gasteiger partial charge in [-0.15, -0.1) is 0 Å². The summed E-state index contributed by atoms with van der Waals surface area (Å²) in [5.74, 6) is -2.37. The maximum Gasteiger partial charge on any atom is 0.331 e.